The van der Waals surface area contributed by atoms with Crippen LogP contribution in [0.5, 0.6) is 0 Å². The van der Waals surface area contributed by atoms with E-state index in [0.717, 1.165) is 6.42 Å². The summed E-state index contributed by atoms with van der Waals surface area (Å²) in [5, 5.41) is 2.79. The fourth-order valence-electron chi connectivity index (χ4n) is 4.35. The normalized spacial score (nSPS) is 26.1. The molecule has 0 bridgehead atoms. The molecule has 1 aromatic rings. The molecule has 1 unspecified atom stereocenters. The maximum atomic E-state index is 13.4. The number of urea groups is 1. The number of nitrogens with one attached hydrogen (secondary N) is 1. The van der Waals surface area contributed by atoms with Gasteiger partial charge in [-0.05, 0) is 51.5 Å². The van der Waals surface area contributed by atoms with Crippen LogP contribution < -0.4 is 5.32 Å². The first-order valence-electron chi connectivity index (χ1n) is 11.7. The number of esters is 1. The van der Waals surface area contributed by atoms with Gasteiger partial charge in [0.25, 0.3) is 0 Å². The number of benzene rings is 1. The van der Waals surface area contributed by atoms with Crippen LogP contribution in [0, 0.1) is 5.82 Å². The first-order valence-corrected chi connectivity index (χ1v) is 11.7. The maximum absolute atomic E-state index is 13.4. The molecule has 3 rings (SSSR count). The van der Waals surface area contributed by atoms with E-state index in [1.54, 1.807) is 25.7 Å². The van der Waals surface area contributed by atoms with Crippen molar-refractivity contribution in [3.8, 4) is 0 Å². The van der Waals surface area contributed by atoms with Crippen molar-refractivity contribution in [3.63, 3.8) is 0 Å². The number of hydrogen-bond donors (Lipinski definition) is 1. The lowest BCUT2D eigenvalue weighted by molar-refractivity contribution is -0.223. The van der Waals surface area contributed by atoms with Gasteiger partial charge in [-0.1, -0.05) is 13.3 Å². The Kier molecular flexibility index (Phi) is 8.86. The topological polar surface area (TPSA) is 95.6 Å². The van der Waals surface area contributed by atoms with Gasteiger partial charge in [-0.15, -0.1) is 0 Å². The van der Waals surface area contributed by atoms with Crippen LogP contribution in [0.1, 0.15) is 47.0 Å². The van der Waals surface area contributed by atoms with Crippen molar-refractivity contribution in [2.24, 2.45) is 0 Å². The number of methoxy groups -OCH3 is 1. The molecule has 0 aromatic heterocycles. The van der Waals surface area contributed by atoms with E-state index in [1.807, 2.05) is 6.92 Å². The third-order valence-corrected chi connectivity index (χ3v) is 5.87. The molecular formula is C24H35FN2O7. The second kappa shape index (κ2) is 11.4. The van der Waals surface area contributed by atoms with E-state index in [0.29, 0.717) is 18.7 Å². The van der Waals surface area contributed by atoms with Crippen LogP contribution in [0.15, 0.2) is 24.3 Å². The monoisotopic (exact) mass is 482 g/mol. The van der Waals surface area contributed by atoms with E-state index in [-0.39, 0.29) is 13.0 Å². The van der Waals surface area contributed by atoms with Gasteiger partial charge in [0.05, 0.1) is 19.1 Å². The number of halogens is 1. The zero-order valence-corrected chi connectivity index (χ0v) is 20.4. The molecule has 2 heterocycles. The number of carbonyl (C=O) groups is 2. The highest BCUT2D eigenvalue weighted by Crippen LogP contribution is 2.40. The average molecular weight is 483 g/mol. The van der Waals surface area contributed by atoms with Crippen LogP contribution in [0.3, 0.4) is 0 Å². The Balaban J connectivity index is 1.89. The van der Waals surface area contributed by atoms with Gasteiger partial charge in [0.15, 0.2) is 12.1 Å². The van der Waals surface area contributed by atoms with E-state index in [1.165, 1.54) is 31.4 Å². The summed E-state index contributed by atoms with van der Waals surface area (Å²) < 4.78 is 42.3. The molecule has 0 saturated carbocycles. The summed E-state index contributed by atoms with van der Waals surface area (Å²) in [7, 11) is 1.54. The van der Waals surface area contributed by atoms with Crippen molar-refractivity contribution in [1.29, 1.82) is 0 Å². The molecule has 9 nitrogen and oxygen atoms in total. The molecule has 1 aromatic carbocycles. The molecule has 2 saturated heterocycles. The van der Waals surface area contributed by atoms with E-state index < -0.39 is 54.2 Å². The van der Waals surface area contributed by atoms with Gasteiger partial charge in [0.1, 0.15) is 24.1 Å². The molecule has 10 heteroatoms. The minimum Gasteiger partial charge on any atom is -0.466 e. The number of rotatable bonds is 10. The third kappa shape index (κ3) is 6.24. The molecule has 2 aliphatic heterocycles. The summed E-state index contributed by atoms with van der Waals surface area (Å²) in [6, 6.07) is 4.33. The van der Waals surface area contributed by atoms with Crippen molar-refractivity contribution in [2.75, 3.05) is 25.6 Å². The first-order chi connectivity index (χ1) is 16.2. The molecule has 0 radical (unpaired) electrons. The predicted molar refractivity (Wildman–Crippen MR) is 122 cm³/mol. The summed E-state index contributed by atoms with van der Waals surface area (Å²) in [5.41, 5.74) is 0.434. The molecule has 0 spiro atoms. The molecular weight excluding hydrogens is 447 g/mol. The molecule has 0 aliphatic carbocycles. The van der Waals surface area contributed by atoms with E-state index in [2.05, 4.69) is 5.32 Å². The smallest absolute Gasteiger partial charge is 0.322 e. The molecule has 1 N–H and O–H groups in total. The Labute approximate surface area is 199 Å². The number of carbonyl (C=O) groups excluding carboxylic acids is 2. The fourth-order valence-corrected chi connectivity index (χ4v) is 4.35. The van der Waals surface area contributed by atoms with Gasteiger partial charge >= 0.3 is 12.0 Å². The summed E-state index contributed by atoms with van der Waals surface area (Å²) in [6.07, 6.45) is -1.04. The Morgan fingerprint density at radius 2 is 1.91 bits per heavy atom. The fraction of sp³-hybridized carbons (Fsp3) is 0.667. The van der Waals surface area contributed by atoms with Crippen LogP contribution in [-0.4, -0.2) is 73.6 Å². The summed E-state index contributed by atoms with van der Waals surface area (Å²) in [6.45, 7) is 7.89. The second-order valence-electron chi connectivity index (χ2n) is 8.83. The van der Waals surface area contributed by atoms with Crippen molar-refractivity contribution in [2.45, 2.75) is 83.4 Å². The highest BCUT2D eigenvalue weighted by molar-refractivity contribution is 5.90. The zero-order valence-electron chi connectivity index (χ0n) is 20.4. The van der Waals surface area contributed by atoms with Crippen LogP contribution in [0.25, 0.3) is 0 Å². The standard InChI is InChI=1S/C24H35FN2O7/c1-6-8-13-27(23(29)26-16-11-9-15(25)10-12-16)17(14-18(28)31-7-2)19-20(30-5)21-22(32-19)34-24(3,4)33-21/h9-12,17,19-22H,6-8,13-14H2,1-5H3,(H,26,29)/t17?,19-,20-,21+,22+/m0/s1. The van der Waals surface area contributed by atoms with Crippen molar-refractivity contribution in [1.82, 2.24) is 4.90 Å². The van der Waals surface area contributed by atoms with Crippen LogP contribution in [0.2, 0.25) is 0 Å². The SMILES string of the molecule is CCCCN(C(=O)Nc1ccc(F)cc1)C(CC(=O)OCC)[C@@H]1O[C@@H]2OC(C)(C)O[C@@H]2[C@H]1OC. The largest absolute Gasteiger partial charge is 0.466 e. The molecule has 2 amide bonds. The lowest BCUT2D eigenvalue weighted by Crippen LogP contribution is -2.54. The van der Waals surface area contributed by atoms with Crippen LogP contribution in [0.4, 0.5) is 14.9 Å². The number of fused-ring (bicyclic) bond motifs is 1. The third-order valence-electron chi connectivity index (χ3n) is 5.87. The van der Waals surface area contributed by atoms with Gasteiger partial charge in [0.2, 0.25) is 0 Å². The number of hydrogen-bond acceptors (Lipinski definition) is 7. The zero-order chi connectivity index (χ0) is 24.9. The van der Waals surface area contributed by atoms with Crippen molar-refractivity contribution < 1.29 is 37.7 Å². The second-order valence-corrected chi connectivity index (χ2v) is 8.83. The highest BCUT2D eigenvalue weighted by atomic mass is 19.1. The Bertz CT molecular complexity index is 835. The van der Waals surface area contributed by atoms with Crippen LogP contribution >= 0.6 is 0 Å². The van der Waals surface area contributed by atoms with Crippen molar-refractivity contribution in [3.05, 3.63) is 30.1 Å². The molecule has 5 atom stereocenters. The number of nitrogens with zero attached hydrogens (tertiary/aromatic N) is 1. The Hall–Kier alpha value is -2.27. The molecule has 2 fully saturated rings. The number of ether oxygens (including phenoxy) is 5. The highest BCUT2D eigenvalue weighted by Gasteiger charge is 2.58. The Morgan fingerprint density at radius 1 is 1.21 bits per heavy atom. The van der Waals surface area contributed by atoms with Gasteiger partial charge in [-0.2, -0.15) is 0 Å². The minimum absolute atomic E-state index is 0.0955. The molecule has 190 valence electrons. The minimum atomic E-state index is -0.838. The lowest BCUT2D eigenvalue weighted by Gasteiger charge is -2.37. The van der Waals surface area contributed by atoms with E-state index in [4.69, 9.17) is 23.7 Å². The Morgan fingerprint density at radius 3 is 2.53 bits per heavy atom. The van der Waals surface area contributed by atoms with Crippen molar-refractivity contribution >= 4 is 17.7 Å². The predicted octanol–water partition coefficient (Wildman–Crippen LogP) is 3.67. The number of anilines is 1. The summed E-state index contributed by atoms with van der Waals surface area (Å²) >= 11 is 0. The van der Waals surface area contributed by atoms with E-state index in [9.17, 15) is 14.0 Å². The molecule has 2 aliphatic rings. The average Bonchev–Trinajstić information content (AvgIpc) is 3.26. The number of amides is 2. The maximum Gasteiger partial charge on any atom is 0.322 e. The lowest BCUT2D eigenvalue weighted by atomic mass is 9.98. The number of unbranched alkanes of at least 4 members (excludes halogenated alkanes) is 1. The van der Waals surface area contributed by atoms with Gasteiger partial charge < -0.3 is 33.9 Å². The van der Waals surface area contributed by atoms with Gasteiger partial charge in [0, 0.05) is 19.3 Å². The first kappa shape index (κ1) is 26.3. The summed E-state index contributed by atoms with van der Waals surface area (Å²) in [5.74, 6) is -1.70. The quantitative estimate of drug-likeness (QED) is 0.509. The summed E-state index contributed by atoms with van der Waals surface area (Å²) in [4.78, 5) is 27.5. The van der Waals surface area contributed by atoms with Gasteiger partial charge in [-0.25, -0.2) is 9.18 Å². The van der Waals surface area contributed by atoms with Crippen LogP contribution in [-0.2, 0) is 28.5 Å². The van der Waals surface area contributed by atoms with E-state index >= 15 is 0 Å². The van der Waals surface area contributed by atoms with Gasteiger partial charge in [-0.3, -0.25) is 4.79 Å². The molecule has 34 heavy (non-hydrogen) atoms.